The van der Waals surface area contributed by atoms with Gasteiger partial charge in [-0.2, -0.15) is 0 Å². The van der Waals surface area contributed by atoms with Crippen LogP contribution in [0, 0.1) is 6.92 Å². The van der Waals surface area contributed by atoms with Gasteiger partial charge in [-0.25, -0.2) is 0 Å². The molecule has 1 atom stereocenters. The third kappa shape index (κ3) is 2.00. The fourth-order valence-corrected chi connectivity index (χ4v) is 2.16. The van der Waals surface area contributed by atoms with Gasteiger partial charge in [0.1, 0.15) is 13.2 Å². The van der Waals surface area contributed by atoms with Crippen LogP contribution in [-0.4, -0.2) is 19.8 Å². The first kappa shape index (κ1) is 11.3. The average molecular weight is 221 g/mol. The largest absolute Gasteiger partial charge is 0.486 e. The zero-order chi connectivity index (χ0) is 11.5. The number of nitrogens with two attached hydrogens (primary N) is 1. The van der Waals surface area contributed by atoms with Gasteiger partial charge < -0.3 is 15.2 Å². The molecule has 3 nitrogen and oxygen atoms in total. The molecule has 1 unspecified atom stereocenters. The van der Waals surface area contributed by atoms with E-state index in [-0.39, 0.29) is 0 Å². The van der Waals surface area contributed by atoms with Crippen LogP contribution in [0.1, 0.15) is 30.4 Å². The second-order valence-electron chi connectivity index (χ2n) is 4.19. The minimum atomic E-state index is 0.413. The minimum absolute atomic E-state index is 0.413. The lowest BCUT2D eigenvalue weighted by molar-refractivity contribution is 0.171. The number of benzene rings is 1. The number of rotatable bonds is 3. The molecule has 1 aromatic carbocycles. The predicted octanol–water partition coefficient (Wildman–Crippen LogP) is 2.22. The molecule has 0 bridgehead atoms. The molecule has 3 heteroatoms. The summed E-state index contributed by atoms with van der Waals surface area (Å²) in [5.41, 5.74) is 8.31. The SMILES string of the molecule is CCC(CN)c1cc2c(cc1C)OCCO2. The van der Waals surface area contributed by atoms with Crippen LogP contribution in [0.4, 0.5) is 0 Å². The summed E-state index contributed by atoms with van der Waals surface area (Å²) in [7, 11) is 0. The van der Waals surface area contributed by atoms with E-state index in [4.69, 9.17) is 15.2 Å². The first-order valence-corrected chi connectivity index (χ1v) is 5.86. The van der Waals surface area contributed by atoms with E-state index < -0.39 is 0 Å². The lowest BCUT2D eigenvalue weighted by atomic mass is 9.92. The van der Waals surface area contributed by atoms with Crippen LogP contribution >= 0.6 is 0 Å². The average Bonchev–Trinajstić information content (AvgIpc) is 2.31. The Kier molecular flexibility index (Phi) is 3.34. The molecule has 0 saturated carbocycles. The van der Waals surface area contributed by atoms with E-state index in [9.17, 15) is 0 Å². The van der Waals surface area contributed by atoms with E-state index in [2.05, 4.69) is 26.0 Å². The molecule has 1 aromatic rings. The van der Waals surface area contributed by atoms with E-state index in [0.29, 0.717) is 25.7 Å². The lowest BCUT2D eigenvalue weighted by Crippen LogP contribution is -2.17. The van der Waals surface area contributed by atoms with Gasteiger partial charge in [0.25, 0.3) is 0 Å². The second kappa shape index (κ2) is 4.74. The molecule has 2 rings (SSSR count). The smallest absolute Gasteiger partial charge is 0.161 e. The van der Waals surface area contributed by atoms with Crippen LogP contribution in [0.25, 0.3) is 0 Å². The number of aryl methyl sites for hydroxylation is 1. The van der Waals surface area contributed by atoms with Gasteiger partial charge in [-0.1, -0.05) is 6.92 Å². The van der Waals surface area contributed by atoms with E-state index in [1.165, 1.54) is 11.1 Å². The van der Waals surface area contributed by atoms with Gasteiger partial charge in [-0.15, -0.1) is 0 Å². The Balaban J connectivity index is 2.38. The summed E-state index contributed by atoms with van der Waals surface area (Å²) < 4.78 is 11.1. The van der Waals surface area contributed by atoms with E-state index in [1.807, 2.05) is 0 Å². The van der Waals surface area contributed by atoms with Crippen LogP contribution < -0.4 is 15.2 Å². The summed E-state index contributed by atoms with van der Waals surface area (Å²) in [5, 5.41) is 0. The van der Waals surface area contributed by atoms with Crippen molar-refractivity contribution in [2.24, 2.45) is 5.73 Å². The number of ether oxygens (including phenoxy) is 2. The van der Waals surface area contributed by atoms with Crippen molar-refractivity contribution in [1.82, 2.24) is 0 Å². The van der Waals surface area contributed by atoms with Gasteiger partial charge in [0.2, 0.25) is 0 Å². The molecular weight excluding hydrogens is 202 g/mol. The van der Waals surface area contributed by atoms with Gasteiger partial charge in [0, 0.05) is 0 Å². The molecule has 0 aromatic heterocycles. The number of hydrogen-bond acceptors (Lipinski definition) is 3. The molecule has 0 aliphatic carbocycles. The topological polar surface area (TPSA) is 44.5 Å². The van der Waals surface area contributed by atoms with Crippen molar-refractivity contribution >= 4 is 0 Å². The molecule has 88 valence electrons. The van der Waals surface area contributed by atoms with Crippen molar-refractivity contribution in [3.05, 3.63) is 23.3 Å². The third-order valence-electron chi connectivity index (χ3n) is 3.15. The van der Waals surface area contributed by atoms with Gasteiger partial charge >= 0.3 is 0 Å². The number of hydrogen-bond donors (Lipinski definition) is 1. The summed E-state index contributed by atoms with van der Waals surface area (Å²) in [6, 6.07) is 4.15. The first-order valence-electron chi connectivity index (χ1n) is 5.86. The van der Waals surface area contributed by atoms with E-state index >= 15 is 0 Å². The molecule has 1 aliphatic heterocycles. The Morgan fingerprint density at radius 1 is 1.25 bits per heavy atom. The normalized spacial score (nSPS) is 15.9. The fourth-order valence-electron chi connectivity index (χ4n) is 2.16. The van der Waals surface area contributed by atoms with Crippen LogP contribution in [0.2, 0.25) is 0 Å². The maximum absolute atomic E-state index is 5.79. The summed E-state index contributed by atoms with van der Waals surface area (Å²) >= 11 is 0. The summed E-state index contributed by atoms with van der Waals surface area (Å²) in [4.78, 5) is 0. The zero-order valence-electron chi connectivity index (χ0n) is 9.95. The standard InChI is InChI=1S/C13H19NO2/c1-3-10(8-14)11-7-13-12(6-9(11)2)15-4-5-16-13/h6-7,10H,3-5,8,14H2,1-2H3. The highest BCUT2D eigenvalue weighted by Crippen LogP contribution is 2.36. The molecule has 1 aliphatic rings. The second-order valence-corrected chi connectivity index (χ2v) is 4.19. The Morgan fingerprint density at radius 3 is 2.44 bits per heavy atom. The highest BCUT2D eigenvalue weighted by molar-refractivity contribution is 5.48. The minimum Gasteiger partial charge on any atom is -0.486 e. The highest BCUT2D eigenvalue weighted by atomic mass is 16.6. The maximum Gasteiger partial charge on any atom is 0.161 e. The van der Waals surface area contributed by atoms with Gasteiger partial charge in [0.05, 0.1) is 0 Å². The fraction of sp³-hybridized carbons (Fsp3) is 0.538. The van der Waals surface area contributed by atoms with Gasteiger partial charge in [-0.05, 0) is 49.1 Å². The molecule has 0 spiro atoms. The van der Waals surface area contributed by atoms with Crippen molar-refractivity contribution in [1.29, 1.82) is 0 Å². The number of fused-ring (bicyclic) bond motifs is 1. The van der Waals surface area contributed by atoms with E-state index in [0.717, 1.165) is 17.9 Å². The first-order chi connectivity index (χ1) is 7.76. The summed E-state index contributed by atoms with van der Waals surface area (Å²) in [6.07, 6.45) is 1.05. The molecule has 2 N–H and O–H groups in total. The van der Waals surface area contributed by atoms with Gasteiger partial charge in [-0.3, -0.25) is 0 Å². The van der Waals surface area contributed by atoms with E-state index in [1.54, 1.807) is 0 Å². The Hall–Kier alpha value is -1.22. The van der Waals surface area contributed by atoms with Crippen LogP contribution in [-0.2, 0) is 0 Å². The van der Waals surface area contributed by atoms with Crippen molar-refractivity contribution in [2.45, 2.75) is 26.2 Å². The predicted molar refractivity (Wildman–Crippen MR) is 64.3 cm³/mol. The van der Waals surface area contributed by atoms with Crippen molar-refractivity contribution in [3.8, 4) is 11.5 Å². The Labute approximate surface area is 96.5 Å². The molecule has 1 heterocycles. The molecule has 0 amide bonds. The molecule has 16 heavy (non-hydrogen) atoms. The van der Waals surface area contributed by atoms with Gasteiger partial charge in [0.15, 0.2) is 11.5 Å². The summed E-state index contributed by atoms with van der Waals surface area (Å²) in [6.45, 7) is 6.21. The van der Waals surface area contributed by atoms with Crippen molar-refractivity contribution in [2.75, 3.05) is 19.8 Å². The zero-order valence-corrected chi connectivity index (χ0v) is 9.95. The molecule has 0 radical (unpaired) electrons. The van der Waals surface area contributed by atoms with Crippen molar-refractivity contribution in [3.63, 3.8) is 0 Å². The third-order valence-corrected chi connectivity index (χ3v) is 3.15. The van der Waals surface area contributed by atoms with Crippen LogP contribution in [0.5, 0.6) is 11.5 Å². The molecule has 0 fully saturated rings. The Morgan fingerprint density at radius 2 is 1.88 bits per heavy atom. The molecule has 0 saturated heterocycles. The quantitative estimate of drug-likeness (QED) is 0.851. The molecular formula is C13H19NO2. The Bertz CT molecular complexity index is 372. The highest BCUT2D eigenvalue weighted by Gasteiger charge is 2.17. The van der Waals surface area contributed by atoms with Crippen LogP contribution in [0.3, 0.4) is 0 Å². The lowest BCUT2D eigenvalue weighted by Gasteiger charge is -2.23. The summed E-state index contributed by atoms with van der Waals surface area (Å²) in [5.74, 6) is 2.13. The maximum atomic E-state index is 5.79. The monoisotopic (exact) mass is 221 g/mol. The van der Waals surface area contributed by atoms with Crippen molar-refractivity contribution < 1.29 is 9.47 Å². The van der Waals surface area contributed by atoms with Crippen LogP contribution in [0.15, 0.2) is 12.1 Å².